The number of carboxylic acids is 1. The summed E-state index contributed by atoms with van der Waals surface area (Å²) in [6, 6.07) is 16.5. The molecule has 24 heavy (non-hydrogen) atoms. The molecule has 0 radical (unpaired) electrons. The van der Waals surface area contributed by atoms with E-state index >= 15 is 0 Å². The number of carbonyl (C=O) groups excluding carboxylic acids is 1. The predicted octanol–water partition coefficient (Wildman–Crippen LogP) is 3.65. The molecule has 0 spiro atoms. The molecule has 126 valence electrons. The van der Waals surface area contributed by atoms with Gasteiger partial charge in [0.05, 0.1) is 5.92 Å². The molecular formula is C19H20ClNO3. The fourth-order valence-corrected chi connectivity index (χ4v) is 2.57. The van der Waals surface area contributed by atoms with Gasteiger partial charge in [-0.25, -0.2) is 0 Å². The molecule has 0 heterocycles. The third-order valence-corrected chi connectivity index (χ3v) is 4.04. The van der Waals surface area contributed by atoms with E-state index in [1.54, 1.807) is 24.3 Å². The van der Waals surface area contributed by atoms with Crippen LogP contribution in [0.15, 0.2) is 54.6 Å². The highest BCUT2D eigenvalue weighted by Gasteiger charge is 2.20. The maximum Gasteiger partial charge on any atom is 0.312 e. The number of hydrogen-bond donors (Lipinski definition) is 2. The Labute approximate surface area is 146 Å². The number of aliphatic carboxylic acids is 1. The molecule has 0 aliphatic carbocycles. The van der Waals surface area contributed by atoms with Crippen molar-refractivity contribution in [2.45, 2.75) is 25.2 Å². The summed E-state index contributed by atoms with van der Waals surface area (Å²) in [4.78, 5) is 23.3. The summed E-state index contributed by atoms with van der Waals surface area (Å²) in [6.45, 7) is 0.0964. The summed E-state index contributed by atoms with van der Waals surface area (Å²) >= 11 is 5.83. The Kier molecular flexibility index (Phi) is 6.82. The zero-order chi connectivity index (χ0) is 17.4. The Morgan fingerprint density at radius 1 is 1.04 bits per heavy atom. The fraction of sp³-hybridized carbons (Fsp3) is 0.263. The number of rotatable bonds is 8. The van der Waals surface area contributed by atoms with E-state index in [-0.39, 0.29) is 12.5 Å². The maximum atomic E-state index is 11.9. The lowest BCUT2D eigenvalue weighted by atomic mass is 9.99. The maximum absolute atomic E-state index is 11.9. The third-order valence-electron chi connectivity index (χ3n) is 3.79. The van der Waals surface area contributed by atoms with Crippen molar-refractivity contribution in [2.24, 2.45) is 0 Å². The van der Waals surface area contributed by atoms with Crippen molar-refractivity contribution in [2.75, 3.05) is 6.54 Å². The minimum atomic E-state index is -0.942. The van der Waals surface area contributed by atoms with Gasteiger partial charge in [0.25, 0.3) is 0 Å². The molecule has 0 aromatic heterocycles. The molecule has 2 N–H and O–H groups in total. The zero-order valence-corrected chi connectivity index (χ0v) is 14.0. The van der Waals surface area contributed by atoms with E-state index in [1.807, 2.05) is 30.3 Å². The summed E-state index contributed by atoms with van der Waals surface area (Å²) in [5.74, 6) is -1.81. The van der Waals surface area contributed by atoms with Crippen molar-refractivity contribution >= 4 is 23.5 Å². The summed E-state index contributed by atoms with van der Waals surface area (Å²) < 4.78 is 0. The van der Waals surface area contributed by atoms with Gasteiger partial charge in [0.15, 0.2) is 0 Å². The van der Waals surface area contributed by atoms with Gasteiger partial charge >= 0.3 is 5.97 Å². The molecule has 2 aromatic rings. The first-order valence-electron chi connectivity index (χ1n) is 7.85. The lowest BCUT2D eigenvalue weighted by Gasteiger charge is -2.13. The number of amides is 1. The van der Waals surface area contributed by atoms with Gasteiger partial charge < -0.3 is 10.4 Å². The molecule has 0 saturated carbocycles. The molecular weight excluding hydrogens is 326 g/mol. The smallest absolute Gasteiger partial charge is 0.312 e. The van der Waals surface area contributed by atoms with Crippen molar-refractivity contribution in [1.82, 2.24) is 5.32 Å². The van der Waals surface area contributed by atoms with Crippen molar-refractivity contribution < 1.29 is 14.7 Å². The molecule has 1 unspecified atom stereocenters. The van der Waals surface area contributed by atoms with Crippen molar-refractivity contribution in [3.8, 4) is 0 Å². The van der Waals surface area contributed by atoms with Gasteiger partial charge in [0.1, 0.15) is 0 Å². The molecule has 1 amide bonds. The molecule has 2 aromatic carbocycles. The van der Waals surface area contributed by atoms with E-state index in [1.165, 1.54) is 0 Å². The second-order valence-corrected chi connectivity index (χ2v) is 6.02. The molecule has 0 fully saturated rings. The molecule has 4 nitrogen and oxygen atoms in total. The largest absolute Gasteiger partial charge is 0.481 e. The zero-order valence-electron chi connectivity index (χ0n) is 13.2. The Hall–Kier alpha value is -2.33. The molecule has 0 aliphatic heterocycles. The number of nitrogens with one attached hydrogen (secondary N) is 1. The quantitative estimate of drug-likeness (QED) is 0.767. The van der Waals surface area contributed by atoms with Crippen LogP contribution < -0.4 is 5.32 Å². The number of halogens is 1. The van der Waals surface area contributed by atoms with Crippen LogP contribution >= 0.6 is 11.6 Å². The number of aryl methyl sites for hydroxylation is 1. The average molecular weight is 346 g/mol. The first-order chi connectivity index (χ1) is 11.6. The van der Waals surface area contributed by atoms with E-state index < -0.39 is 11.9 Å². The van der Waals surface area contributed by atoms with E-state index in [4.69, 9.17) is 11.6 Å². The highest BCUT2D eigenvalue weighted by molar-refractivity contribution is 6.30. The van der Waals surface area contributed by atoms with Crippen molar-refractivity contribution in [1.29, 1.82) is 0 Å². The van der Waals surface area contributed by atoms with Gasteiger partial charge in [-0.2, -0.15) is 0 Å². The van der Waals surface area contributed by atoms with Gasteiger partial charge in [0.2, 0.25) is 5.91 Å². The second kappa shape index (κ2) is 9.08. The monoisotopic (exact) mass is 345 g/mol. The third kappa shape index (κ3) is 5.70. The Bertz CT molecular complexity index is 671. The Balaban J connectivity index is 1.77. The molecule has 5 heteroatoms. The minimum Gasteiger partial charge on any atom is -0.481 e. The highest BCUT2D eigenvalue weighted by atomic mass is 35.5. The molecule has 1 atom stereocenters. The number of hydrogen-bond acceptors (Lipinski definition) is 2. The summed E-state index contributed by atoms with van der Waals surface area (Å²) in [5, 5.41) is 12.7. The van der Waals surface area contributed by atoms with Crippen LogP contribution in [-0.2, 0) is 16.0 Å². The van der Waals surface area contributed by atoms with E-state index in [0.717, 1.165) is 12.0 Å². The van der Waals surface area contributed by atoms with Gasteiger partial charge in [-0.15, -0.1) is 0 Å². The second-order valence-electron chi connectivity index (χ2n) is 5.59. The van der Waals surface area contributed by atoms with Gasteiger partial charge in [-0.3, -0.25) is 9.59 Å². The van der Waals surface area contributed by atoms with Crippen LogP contribution in [0.2, 0.25) is 5.02 Å². The number of carbonyl (C=O) groups is 2. The summed E-state index contributed by atoms with van der Waals surface area (Å²) in [6.07, 6.45) is 1.85. The highest BCUT2D eigenvalue weighted by Crippen LogP contribution is 2.15. The Morgan fingerprint density at radius 3 is 2.33 bits per heavy atom. The average Bonchev–Trinajstić information content (AvgIpc) is 2.57. The topological polar surface area (TPSA) is 66.4 Å². The van der Waals surface area contributed by atoms with Crippen molar-refractivity contribution in [3.05, 3.63) is 70.7 Å². The van der Waals surface area contributed by atoms with Crippen molar-refractivity contribution in [3.63, 3.8) is 0 Å². The van der Waals surface area contributed by atoms with Crippen LogP contribution in [0.1, 0.15) is 29.9 Å². The SMILES string of the molecule is O=C(CCCc1ccc(Cl)cc1)NCC(C(=O)O)c1ccccc1. The van der Waals surface area contributed by atoms with Gasteiger partial charge in [-0.1, -0.05) is 54.1 Å². The molecule has 0 aliphatic rings. The number of benzene rings is 2. The Morgan fingerprint density at radius 2 is 1.71 bits per heavy atom. The lowest BCUT2D eigenvalue weighted by Crippen LogP contribution is -2.31. The molecule has 0 bridgehead atoms. The molecule has 2 rings (SSSR count). The van der Waals surface area contributed by atoms with Crippen LogP contribution in [0.3, 0.4) is 0 Å². The van der Waals surface area contributed by atoms with E-state index in [9.17, 15) is 14.7 Å². The minimum absolute atomic E-state index is 0.0964. The summed E-state index contributed by atoms with van der Waals surface area (Å²) in [7, 11) is 0. The van der Waals surface area contributed by atoms with E-state index in [2.05, 4.69) is 5.32 Å². The van der Waals surface area contributed by atoms with Gasteiger partial charge in [0, 0.05) is 18.0 Å². The van der Waals surface area contributed by atoms with Crippen LogP contribution in [0.5, 0.6) is 0 Å². The van der Waals surface area contributed by atoms with Crippen LogP contribution in [0, 0.1) is 0 Å². The fourth-order valence-electron chi connectivity index (χ4n) is 2.44. The van der Waals surface area contributed by atoms with E-state index in [0.29, 0.717) is 23.4 Å². The normalized spacial score (nSPS) is 11.7. The van der Waals surface area contributed by atoms with Crippen LogP contribution in [0.25, 0.3) is 0 Å². The van der Waals surface area contributed by atoms with Crippen LogP contribution in [0.4, 0.5) is 0 Å². The first kappa shape index (κ1) is 18.0. The van der Waals surface area contributed by atoms with Gasteiger partial charge in [-0.05, 0) is 36.1 Å². The molecule has 0 saturated heterocycles. The number of carboxylic acid groups (broad SMARTS) is 1. The first-order valence-corrected chi connectivity index (χ1v) is 8.23. The van der Waals surface area contributed by atoms with Crippen LogP contribution in [-0.4, -0.2) is 23.5 Å². The predicted molar refractivity (Wildman–Crippen MR) is 94.2 cm³/mol. The summed E-state index contributed by atoms with van der Waals surface area (Å²) in [5.41, 5.74) is 1.81. The lowest BCUT2D eigenvalue weighted by molar-refractivity contribution is -0.138. The standard InChI is InChI=1S/C19H20ClNO3/c20-16-11-9-14(10-12-16)5-4-8-18(22)21-13-17(19(23)24)15-6-2-1-3-7-15/h1-3,6-7,9-12,17H,4-5,8,13H2,(H,21,22)(H,23,24).